The summed E-state index contributed by atoms with van der Waals surface area (Å²) in [6.45, 7) is 8.11. The Morgan fingerprint density at radius 3 is 2.54 bits per heavy atom. The molecular formula is C11H24N2. The van der Waals surface area contributed by atoms with Crippen LogP contribution in [0.1, 0.15) is 39.5 Å². The number of hydrogen-bond donors (Lipinski definition) is 1. The van der Waals surface area contributed by atoms with Gasteiger partial charge in [-0.1, -0.05) is 33.1 Å². The molecular weight excluding hydrogens is 160 g/mol. The molecule has 1 rings (SSSR count). The Hall–Kier alpha value is -0.0800. The monoisotopic (exact) mass is 184 g/mol. The predicted octanol–water partition coefficient (Wildman–Crippen LogP) is 1.85. The molecule has 2 nitrogen and oxygen atoms in total. The molecule has 0 aromatic rings. The normalized spacial score (nSPS) is 21.5. The summed E-state index contributed by atoms with van der Waals surface area (Å²) < 4.78 is 0. The van der Waals surface area contributed by atoms with Gasteiger partial charge in [0.25, 0.3) is 0 Å². The lowest BCUT2D eigenvalue weighted by Gasteiger charge is -2.39. The van der Waals surface area contributed by atoms with Gasteiger partial charge in [0.2, 0.25) is 0 Å². The molecule has 1 aliphatic rings. The number of nitrogens with two attached hydrogens (primary N) is 1. The molecule has 0 saturated carbocycles. The summed E-state index contributed by atoms with van der Waals surface area (Å²) in [6.07, 6.45) is 5.44. The van der Waals surface area contributed by atoms with E-state index in [9.17, 15) is 0 Å². The first-order valence-corrected chi connectivity index (χ1v) is 5.74. The lowest BCUT2D eigenvalue weighted by molar-refractivity contribution is 0.121. The molecule has 13 heavy (non-hydrogen) atoms. The fourth-order valence-electron chi connectivity index (χ4n) is 2.04. The van der Waals surface area contributed by atoms with E-state index in [1.54, 1.807) is 0 Å². The molecule has 0 amide bonds. The molecule has 1 unspecified atom stereocenters. The Balaban J connectivity index is 2.09. The highest BCUT2D eigenvalue weighted by molar-refractivity contribution is 4.83. The topological polar surface area (TPSA) is 29.3 Å². The minimum Gasteiger partial charge on any atom is -0.325 e. The smallest absolute Gasteiger partial charge is 0.0297 e. The van der Waals surface area contributed by atoms with E-state index in [1.807, 2.05) is 0 Å². The van der Waals surface area contributed by atoms with Crippen LogP contribution < -0.4 is 5.73 Å². The molecule has 1 saturated heterocycles. The van der Waals surface area contributed by atoms with E-state index in [1.165, 1.54) is 32.2 Å². The highest BCUT2D eigenvalue weighted by atomic mass is 15.2. The second-order valence-corrected chi connectivity index (χ2v) is 4.40. The highest BCUT2D eigenvalue weighted by Crippen LogP contribution is 2.17. The summed E-state index contributed by atoms with van der Waals surface area (Å²) in [7, 11) is 0. The van der Waals surface area contributed by atoms with Crippen LogP contribution in [0.4, 0.5) is 0 Å². The minimum atomic E-state index is 0.462. The van der Waals surface area contributed by atoms with Gasteiger partial charge >= 0.3 is 0 Å². The molecule has 0 aromatic carbocycles. The van der Waals surface area contributed by atoms with Crippen LogP contribution in [-0.2, 0) is 0 Å². The van der Waals surface area contributed by atoms with Gasteiger partial charge in [-0.25, -0.2) is 0 Å². The van der Waals surface area contributed by atoms with Gasteiger partial charge in [-0.3, -0.25) is 4.90 Å². The summed E-state index contributed by atoms with van der Waals surface area (Å²) in [4.78, 5) is 2.49. The van der Waals surface area contributed by atoms with Crippen molar-refractivity contribution in [3.05, 3.63) is 0 Å². The van der Waals surface area contributed by atoms with Crippen molar-refractivity contribution in [2.45, 2.75) is 45.6 Å². The first kappa shape index (κ1) is 11.0. The lowest BCUT2D eigenvalue weighted by atomic mass is 9.97. The van der Waals surface area contributed by atoms with Gasteiger partial charge in [0, 0.05) is 25.7 Å². The average molecular weight is 184 g/mol. The molecule has 78 valence electrons. The fourth-order valence-corrected chi connectivity index (χ4v) is 2.04. The van der Waals surface area contributed by atoms with E-state index in [2.05, 4.69) is 18.7 Å². The van der Waals surface area contributed by atoms with Gasteiger partial charge in [-0.15, -0.1) is 0 Å². The lowest BCUT2D eigenvalue weighted by Crippen LogP contribution is -2.56. The van der Waals surface area contributed by atoms with Gasteiger partial charge < -0.3 is 5.73 Å². The third kappa shape index (κ3) is 3.65. The molecule has 0 aromatic heterocycles. The van der Waals surface area contributed by atoms with Crippen LogP contribution in [0.25, 0.3) is 0 Å². The number of unbranched alkanes of at least 4 members (excludes halogenated alkanes) is 1. The van der Waals surface area contributed by atoms with E-state index in [4.69, 9.17) is 5.73 Å². The molecule has 1 aliphatic heterocycles. The predicted molar refractivity (Wildman–Crippen MR) is 57.7 cm³/mol. The quantitative estimate of drug-likeness (QED) is 0.682. The Morgan fingerprint density at radius 1 is 1.38 bits per heavy atom. The molecule has 0 aliphatic carbocycles. The molecule has 0 radical (unpaired) electrons. The van der Waals surface area contributed by atoms with Crippen LogP contribution in [0.5, 0.6) is 0 Å². The molecule has 0 bridgehead atoms. The van der Waals surface area contributed by atoms with E-state index in [0.29, 0.717) is 6.04 Å². The van der Waals surface area contributed by atoms with Gasteiger partial charge in [0.1, 0.15) is 0 Å². The van der Waals surface area contributed by atoms with Crippen molar-refractivity contribution in [3.63, 3.8) is 0 Å². The molecule has 2 N–H and O–H groups in total. The summed E-state index contributed by atoms with van der Waals surface area (Å²) in [6, 6.07) is 0.462. The van der Waals surface area contributed by atoms with E-state index < -0.39 is 0 Å². The zero-order valence-electron chi connectivity index (χ0n) is 9.13. The van der Waals surface area contributed by atoms with Crippen molar-refractivity contribution in [3.8, 4) is 0 Å². The van der Waals surface area contributed by atoms with E-state index in [0.717, 1.165) is 19.0 Å². The molecule has 1 atom stereocenters. The highest BCUT2D eigenvalue weighted by Gasteiger charge is 2.24. The maximum atomic E-state index is 5.74. The summed E-state index contributed by atoms with van der Waals surface area (Å²) in [5, 5.41) is 0. The Morgan fingerprint density at radius 2 is 2.08 bits per heavy atom. The zero-order chi connectivity index (χ0) is 9.68. The summed E-state index contributed by atoms with van der Waals surface area (Å²) in [5.74, 6) is 0.910. The van der Waals surface area contributed by atoms with Crippen molar-refractivity contribution in [2.24, 2.45) is 11.7 Å². The largest absolute Gasteiger partial charge is 0.325 e. The standard InChI is InChI=1S/C11H24N2/c1-3-5-6-10(4-2)7-13-8-11(12)9-13/h10-11H,3-9,12H2,1-2H3. The van der Waals surface area contributed by atoms with Crippen molar-refractivity contribution >= 4 is 0 Å². The van der Waals surface area contributed by atoms with Crippen LogP contribution >= 0.6 is 0 Å². The number of nitrogens with zero attached hydrogens (tertiary/aromatic N) is 1. The summed E-state index contributed by atoms with van der Waals surface area (Å²) in [5.41, 5.74) is 5.74. The number of rotatable bonds is 6. The average Bonchev–Trinajstić information content (AvgIpc) is 2.08. The van der Waals surface area contributed by atoms with Crippen LogP contribution in [0.15, 0.2) is 0 Å². The van der Waals surface area contributed by atoms with Crippen molar-refractivity contribution in [1.29, 1.82) is 0 Å². The van der Waals surface area contributed by atoms with Gasteiger partial charge in [0.15, 0.2) is 0 Å². The molecule has 1 heterocycles. The maximum Gasteiger partial charge on any atom is 0.0297 e. The Bertz CT molecular complexity index is 130. The van der Waals surface area contributed by atoms with Crippen molar-refractivity contribution in [1.82, 2.24) is 4.90 Å². The number of likely N-dealkylation sites (tertiary alicyclic amines) is 1. The first-order chi connectivity index (χ1) is 6.26. The van der Waals surface area contributed by atoms with Crippen LogP contribution in [0.2, 0.25) is 0 Å². The van der Waals surface area contributed by atoms with Crippen molar-refractivity contribution < 1.29 is 0 Å². The van der Waals surface area contributed by atoms with Crippen molar-refractivity contribution in [2.75, 3.05) is 19.6 Å². The second-order valence-electron chi connectivity index (χ2n) is 4.40. The molecule has 1 fully saturated rings. The van der Waals surface area contributed by atoms with E-state index in [-0.39, 0.29) is 0 Å². The first-order valence-electron chi connectivity index (χ1n) is 5.74. The van der Waals surface area contributed by atoms with Gasteiger partial charge in [0.05, 0.1) is 0 Å². The summed E-state index contributed by atoms with van der Waals surface area (Å²) >= 11 is 0. The van der Waals surface area contributed by atoms with E-state index >= 15 is 0 Å². The Kier molecular flexibility index (Phi) is 4.74. The SMILES string of the molecule is CCCCC(CC)CN1CC(N)C1. The molecule has 2 heteroatoms. The van der Waals surface area contributed by atoms with Crippen LogP contribution in [0.3, 0.4) is 0 Å². The maximum absolute atomic E-state index is 5.74. The van der Waals surface area contributed by atoms with Crippen LogP contribution in [-0.4, -0.2) is 30.6 Å². The number of hydrogen-bond acceptors (Lipinski definition) is 2. The van der Waals surface area contributed by atoms with Gasteiger partial charge in [-0.2, -0.15) is 0 Å². The third-order valence-electron chi connectivity index (χ3n) is 3.05. The van der Waals surface area contributed by atoms with Gasteiger partial charge in [-0.05, 0) is 12.3 Å². The minimum absolute atomic E-state index is 0.462. The third-order valence-corrected chi connectivity index (χ3v) is 3.05. The molecule has 0 spiro atoms. The van der Waals surface area contributed by atoms with Crippen LogP contribution in [0, 0.1) is 5.92 Å². The fraction of sp³-hybridized carbons (Fsp3) is 1.00. The second kappa shape index (κ2) is 5.61. The zero-order valence-corrected chi connectivity index (χ0v) is 9.13. The Labute approximate surface area is 82.5 Å².